The van der Waals surface area contributed by atoms with Gasteiger partial charge in [0.2, 0.25) is 0 Å². The molecule has 0 saturated carbocycles. The van der Waals surface area contributed by atoms with Crippen LogP contribution in [0.1, 0.15) is 5.56 Å². The van der Waals surface area contributed by atoms with Crippen LogP contribution >= 0.6 is 0 Å². The molecule has 0 bridgehead atoms. The van der Waals surface area contributed by atoms with Crippen molar-refractivity contribution in [3.63, 3.8) is 0 Å². The van der Waals surface area contributed by atoms with Crippen LogP contribution in [-0.4, -0.2) is 12.4 Å². The Bertz CT molecular complexity index is 1040. The molecule has 0 fully saturated rings. The number of hydrogen-bond donors (Lipinski definition) is 0. The quantitative estimate of drug-likeness (QED) is 0.493. The van der Waals surface area contributed by atoms with Gasteiger partial charge in [0.25, 0.3) is 0 Å². The summed E-state index contributed by atoms with van der Waals surface area (Å²) in [5, 5.41) is 11.6. The van der Waals surface area contributed by atoms with E-state index < -0.39 is 0 Å². The molecule has 0 spiro atoms. The van der Waals surface area contributed by atoms with Gasteiger partial charge in [-0.2, -0.15) is 5.26 Å². The summed E-state index contributed by atoms with van der Waals surface area (Å²) in [6.07, 6.45) is 0. The summed E-state index contributed by atoms with van der Waals surface area (Å²) in [4.78, 5) is 0. The lowest BCUT2D eigenvalue weighted by Gasteiger charge is -2.07. The maximum Gasteiger partial charge on any atom is 0.139 e. The average molecular weight is 280 g/mol. The van der Waals surface area contributed by atoms with Crippen LogP contribution in [0.3, 0.4) is 0 Å². The molecule has 3 heteroatoms. The van der Waals surface area contributed by atoms with E-state index >= 15 is 0 Å². The predicted octanol–water partition coefficient (Wildman–Crippen LogP) is 2.91. The minimum atomic E-state index is 0.684. The van der Waals surface area contributed by atoms with E-state index in [-0.39, 0.29) is 0 Å². The zero-order chi connectivity index (χ0) is 15.1. The molecule has 1 aromatic heterocycles. The number of benzene rings is 3. The van der Waals surface area contributed by atoms with Crippen LogP contribution in [-0.2, 0) is 0 Å². The van der Waals surface area contributed by atoms with Gasteiger partial charge >= 0.3 is 0 Å². The van der Waals surface area contributed by atoms with Crippen LogP contribution in [0.4, 0.5) is 0 Å². The first kappa shape index (κ1) is 12.7. The Morgan fingerprint density at radius 3 is 2.41 bits per heavy atom. The predicted molar refractivity (Wildman–Crippen MR) is 93.7 cm³/mol. The largest absolute Gasteiger partial charge is 0.309 e. The number of nitrogens with zero attached hydrogens (tertiary/aromatic N) is 2. The minimum absolute atomic E-state index is 0.684. The molecule has 0 unspecified atom stereocenters. The van der Waals surface area contributed by atoms with Crippen molar-refractivity contribution in [2.75, 3.05) is 0 Å². The molecule has 4 aromatic rings. The van der Waals surface area contributed by atoms with Crippen molar-refractivity contribution in [2.45, 2.75) is 0 Å². The number of nitriles is 1. The molecule has 0 amide bonds. The van der Waals surface area contributed by atoms with Crippen molar-refractivity contribution in [3.8, 4) is 11.8 Å². The Morgan fingerprint density at radius 1 is 0.818 bits per heavy atom. The third kappa shape index (κ3) is 1.82. The highest BCUT2D eigenvalue weighted by molar-refractivity contribution is 6.33. The first-order valence-electron chi connectivity index (χ1n) is 7.28. The SMILES string of the molecule is Bc1ccc2c(c1)c1ccc(C#N)cc1n2-c1ccccc1. The van der Waals surface area contributed by atoms with Crippen molar-refractivity contribution in [2.24, 2.45) is 0 Å². The van der Waals surface area contributed by atoms with Crippen molar-refractivity contribution in [1.29, 1.82) is 5.26 Å². The number of hydrogen-bond acceptors (Lipinski definition) is 1. The fraction of sp³-hybridized carbons (Fsp3) is 0. The van der Waals surface area contributed by atoms with E-state index in [2.05, 4.69) is 54.9 Å². The number of fused-ring (bicyclic) bond motifs is 3. The van der Waals surface area contributed by atoms with Gasteiger partial charge < -0.3 is 4.57 Å². The molecule has 0 radical (unpaired) electrons. The number of rotatable bonds is 1. The zero-order valence-electron chi connectivity index (χ0n) is 12.2. The fourth-order valence-corrected chi connectivity index (χ4v) is 3.06. The second-order valence-electron chi connectivity index (χ2n) is 5.54. The summed E-state index contributed by atoms with van der Waals surface area (Å²) in [6.45, 7) is 0. The summed E-state index contributed by atoms with van der Waals surface area (Å²) >= 11 is 0. The molecule has 3 aromatic carbocycles. The monoisotopic (exact) mass is 280 g/mol. The highest BCUT2D eigenvalue weighted by Crippen LogP contribution is 2.31. The molecule has 0 aliphatic rings. The second-order valence-corrected chi connectivity index (χ2v) is 5.54. The first-order chi connectivity index (χ1) is 10.8. The second kappa shape index (κ2) is 4.78. The molecular weight excluding hydrogens is 267 g/mol. The van der Waals surface area contributed by atoms with Gasteiger partial charge in [0.05, 0.1) is 22.7 Å². The number of aromatic nitrogens is 1. The topological polar surface area (TPSA) is 28.7 Å². The van der Waals surface area contributed by atoms with E-state index in [1.807, 2.05) is 30.3 Å². The summed E-state index contributed by atoms with van der Waals surface area (Å²) in [5.41, 5.74) is 5.28. The lowest BCUT2D eigenvalue weighted by atomic mass is 9.94. The van der Waals surface area contributed by atoms with Crippen LogP contribution in [0.25, 0.3) is 27.5 Å². The number of para-hydroxylation sites is 1. The summed E-state index contributed by atoms with van der Waals surface area (Å²) < 4.78 is 2.23. The molecule has 0 N–H and O–H groups in total. The standard InChI is InChI=1S/C19H13BN2/c20-14-7-9-18-17(11-14)16-8-6-13(12-21)10-19(16)22(18)15-4-2-1-3-5-15/h1-11H,20H2. The van der Waals surface area contributed by atoms with Gasteiger partial charge in [0.1, 0.15) is 7.85 Å². The van der Waals surface area contributed by atoms with Crippen LogP contribution in [0.15, 0.2) is 66.7 Å². The average Bonchev–Trinajstić information content (AvgIpc) is 2.88. The van der Waals surface area contributed by atoms with Crippen LogP contribution in [0.5, 0.6) is 0 Å². The molecule has 0 aliphatic heterocycles. The smallest absolute Gasteiger partial charge is 0.139 e. The Balaban J connectivity index is 2.22. The first-order valence-corrected chi connectivity index (χ1v) is 7.28. The van der Waals surface area contributed by atoms with Gasteiger partial charge in [-0.3, -0.25) is 0 Å². The van der Waals surface area contributed by atoms with E-state index in [0.717, 1.165) is 11.2 Å². The molecule has 0 aliphatic carbocycles. The molecule has 22 heavy (non-hydrogen) atoms. The summed E-state index contributed by atoms with van der Waals surface area (Å²) in [7, 11) is 2.11. The molecule has 0 atom stereocenters. The van der Waals surface area contributed by atoms with Gasteiger partial charge in [0.15, 0.2) is 0 Å². The van der Waals surface area contributed by atoms with Crippen molar-refractivity contribution in [3.05, 3.63) is 72.3 Å². The minimum Gasteiger partial charge on any atom is -0.309 e. The van der Waals surface area contributed by atoms with Gasteiger partial charge in [-0.15, -0.1) is 0 Å². The van der Waals surface area contributed by atoms with E-state index in [1.165, 1.54) is 21.8 Å². The van der Waals surface area contributed by atoms with Crippen molar-refractivity contribution < 1.29 is 0 Å². The van der Waals surface area contributed by atoms with E-state index in [1.54, 1.807) is 0 Å². The highest BCUT2D eigenvalue weighted by Gasteiger charge is 2.12. The molecule has 1 heterocycles. The van der Waals surface area contributed by atoms with E-state index in [0.29, 0.717) is 5.56 Å². The van der Waals surface area contributed by atoms with E-state index in [9.17, 15) is 5.26 Å². The van der Waals surface area contributed by atoms with Crippen LogP contribution in [0.2, 0.25) is 0 Å². The van der Waals surface area contributed by atoms with Crippen molar-refractivity contribution >= 4 is 35.1 Å². The van der Waals surface area contributed by atoms with Gasteiger partial charge in [-0.25, -0.2) is 0 Å². The Labute approximate surface area is 129 Å². The van der Waals surface area contributed by atoms with Crippen molar-refractivity contribution in [1.82, 2.24) is 4.57 Å². The van der Waals surface area contributed by atoms with Crippen LogP contribution in [0, 0.1) is 11.3 Å². The van der Waals surface area contributed by atoms with Gasteiger partial charge in [-0.1, -0.05) is 41.9 Å². The maximum absolute atomic E-state index is 9.22. The fourth-order valence-electron chi connectivity index (χ4n) is 3.06. The lowest BCUT2D eigenvalue weighted by molar-refractivity contribution is 1.18. The molecular formula is C19H13BN2. The Morgan fingerprint density at radius 2 is 1.64 bits per heavy atom. The molecule has 4 rings (SSSR count). The zero-order valence-corrected chi connectivity index (χ0v) is 12.2. The maximum atomic E-state index is 9.22. The van der Waals surface area contributed by atoms with Gasteiger partial charge in [-0.05, 0) is 30.3 Å². The van der Waals surface area contributed by atoms with Crippen LogP contribution < -0.4 is 5.46 Å². The Hall–Kier alpha value is -2.99. The summed E-state index contributed by atoms with van der Waals surface area (Å²) in [5.74, 6) is 0. The highest BCUT2D eigenvalue weighted by atomic mass is 15.0. The summed E-state index contributed by atoms with van der Waals surface area (Å²) in [6, 6.07) is 24.9. The molecule has 102 valence electrons. The molecule has 2 nitrogen and oxygen atoms in total. The van der Waals surface area contributed by atoms with E-state index in [4.69, 9.17) is 0 Å². The third-order valence-electron chi connectivity index (χ3n) is 4.07. The Kier molecular flexibility index (Phi) is 2.77. The lowest BCUT2D eigenvalue weighted by Crippen LogP contribution is -2.00. The normalized spacial score (nSPS) is 10.9. The van der Waals surface area contributed by atoms with Gasteiger partial charge in [0, 0.05) is 16.5 Å². The third-order valence-corrected chi connectivity index (χ3v) is 4.07. The molecule has 0 saturated heterocycles.